The molecule has 3 rings (SSSR count). The molecule has 1 fully saturated rings. The van der Waals surface area contributed by atoms with Crippen LogP contribution in [-0.2, 0) is 80.6 Å². The fourth-order valence-corrected chi connectivity index (χ4v) is 6.85. The summed E-state index contributed by atoms with van der Waals surface area (Å²) in [6.45, 7) is 13.6. The van der Waals surface area contributed by atoms with E-state index in [0.29, 0.717) is 189 Å². The third-order valence-corrected chi connectivity index (χ3v) is 11.1. The lowest BCUT2D eigenvalue weighted by Crippen LogP contribution is -2.57. The molecule has 2 aromatic carbocycles. The van der Waals surface area contributed by atoms with Crippen molar-refractivity contribution in [3.8, 4) is 16.9 Å². The van der Waals surface area contributed by atoms with E-state index in [1.807, 2.05) is 30.3 Å². The average molecular weight is 1150 g/mol. The number of ether oxygens (including phenoxy) is 16. The van der Waals surface area contributed by atoms with Crippen molar-refractivity contribution < 1.29 is 105 Å². The highest BCUT2D eigenvalue weighted by molar-refractivity contribution is 5.95. The molecule has 0 bridgehead atoms. The predicted molar refractivity (Wildman–Crippen MR) is 288 cm³/mol. The van der Waals surface area contributed by atoms with Gasteiger partial charge in [0.2, 0.25) is 5.91 Å². The number of amides is 3. The molecule has 2 aromatic rings. The Balaban J connectivity index is 0.916. The molecule has 26 heteroatoms. The van der Waals surface area contributed by atoms with Gasteiger partial charge in [-0.1, -0.05) is 24.3 Å². The Morgan fingerprint density at radius 2 is 0.875 bits per heavy atom. The van der Waals surface area contributed by atoms with E-state index in [2.05, 4.69) is 16.0 Å². The van der Waals surface area contributed by atoms with E-state index in [1.54, 1.807) is 25.1 Å². The van der Waals surface area contributed by atoms with E-state index in [-0.39, 0.29) is 57.2 Å². The summed E-state index contributed by atoms with van der Waals surface area (Å²) in [5, 5.41) is 37.7. The van der Waals surface area contributed by atoms with E-state index >= 15 is 0 Å². The van der Waals surface area contributed by atoms with Gasteiger partial charge < -0.3 is 113 Å². The van der Waals surface area contributed by atoms with Gasteiger partial charge in [-0.2, -0.15) is 0 Å². The number of carbonyl (C=O) groups excluding carboxylic acids is 3. The van der Waals surface area contributed by atoms with Gasteiger partial charge in [0, 0.05) is 38.2 Å². The Hall–Kier alpha value is -4.11. The average Bonchev–Trinajstić information content (AvgIpc) is 3.47. The highest BCUT2D eigenvalue weighted by Gasteiger charge is 2.42. The topological polar surface area (TPSA) is 322 Å². The predicted octanol–water partition coefficient (Wildman–Crippen LogP) is -0.897. The van der Waals surface area contributed by atoms with Gasteiger partial charge >= 0.3 is 0 Å². The van der Waals surface area contributed by atoms with Crippen molar-refractivity contribution in [2.75, 3.05) is 211 Å². The summed E-state index contributed by atoms with van der Waals surface area (Å²) in [7, 11) is 0. The first kappa shape index (κ1) is 70.2. The maximum Gasteiger partial charge on any atom is 0.258 e. The Morgan fingerprint density at radius 1 is 0.463 bits per heavy atom. The van der Waals surface area contributed by atoms with Crippen LogP contribution in [0, 0.1) is 0 Å². The zero-order valence-electron chi connectivity index (χ0n) is 46.5. The van der Waals surface area contributed by atoms with E-state index in [1.165, 1.54) is 0 Å². The van der Waals surface area contributed by atoms with Crippen molar-refractivity contribution in [1.82, 2.24) is 16.0 Å². The van der Waals surface area contributed by atoms with E-state index < -0.39 is 30.7 Å². The first-order valence-corrected chi connectivity index (χ1v) is 27.4. The Morgan fingerprint density at radius 3 is 1.32 bits per heavy atom. The summed E-state index contributed by atoms with van der Waals surface area (Å²) in [5.74, 6) is -0.0523. The molecule has 0 radical (unpaired) electrons. The molecular weight excluding hydrogens is 1060 g/mol. The molecule has 1 saturated heterocycles. The van der Waals surface area contributed by atoms with Crippen LogP contribution in [0.4, 0.5) is 0 Å². The van der Waals surface area contributed by atoms with E-state index in [9.17, 15) is 29.7 Å². The van der Waals surface area contributed by atoms with Crippen LogP contribution in [0.2, 0.25) is 0 Å². The molecule has 1 aliphatic rings. The van der Waals surface area contributed by atoms with Crippen molar-refractivity contribution >= 4 is 17.7 Å². The standard InChI is InChI=1S/C54H90N4O22/c1-43-50(61)51(62)52(63)54(80-43)78-40-39-67-15-12-56-48(59)9-14-65-17-19-68-21-23-70-25-27-72-29-31-74-33-35-76-37-38-77-36-34-75-32-30-73-28-26-71-24-22-69-20-18-66-16-13-57-49(60)42-79-47-7-5-44(6-8-47)45-3-2-4-46(41-45)53(64)58-11-10-55/h2-8,41,43,50-52,54,61-63H,9-40,42,55H2,1H3,(H,56,59)(H,57,60)(H,58,64)/t43-,50-,51+,52+,54+/m0/s1. The number of benzene rings is 2. The minimum Gasteiger partial charge on any atom is -0.484 e. The summed E-state index contributed by atoms with van der Waals surface area (Å²) >= 11 is 0. The van der Waals surface area contributed by atoms with Crippen LogP contribution in [-0.4, -0.2) is 275 Å². The normalized spacial score (nSPS) is 17.1. The molecule has 0 aliphatic carbocycles. The van der Waals surface area contributed by atoms with E-state index in [4.69, 9.17) is 81.5 Å². The van der Waals surface area contributed by atoms with E-state index in [0.717, 1.165) is 11.1 Å². The van der Waals surface area contributed by atoms with Crippen LogP contribution in [0.1, 0.15) is 23.7 Å². The van der Waals surface area contributed by atoms with Gasteiger partial charge in [0.05, 0.1) is 184 Å². The highest BCUT2D eigenvalue weighted by atomic mass is 16.7. The molecule has 80 heavy (non-hydrogen) atoms. The monoisotopic (exact) mass is 1150 g/mol. The summed E-state index contributed by atoms with van der Waals surface area (Å²) in [6, 6.07) is 14.6. The van der Waals surface area contributed by atoms with Crippen molar-refractivity contribution in [2.24, 2.45) is 5.73 Å². The highest BCUT2D eigenvalue weighted by Crippen LogP contribution is 2.24. The molecule has 26 nitrogen and oxygen atoms in total. The Labute approximate surface area is 469 Å². The van der Waals surface area contributed by atoms with Crippen LogP contribution in [0.3, 0.4) is 0 Å². The number of aliphatic hydroxyl groups excluding tert-OH is 3. The lowest BCUT2D eigenvalue weighted by molar-refractivity contribution is -0.294. The van der Waals surface area contributed by atoms with Gasteiger partial charge in [-0.3, -0.25) is 14.4 Å². The minimum absolute atomic E-state index is 0.101. The van der Waals surface area contributed by atoms with Gasteiger partial charge in [0.1, 0.15) is 24.1 Å². The molecule has 0 unspecified atom stereocenters. The maximum atomic E-state index is 12.3. The maximum absolute atomic E-state index is 12.3. The summed E-state index contributed by atoms with van der Waals surface area (Å²) in [6.07, 6.45) is -5.45. The molecule has 8 N–H and O–H groups in total. The quantitative estimate of drug-likeness (QED) is 0.0395. The molecule has 5 atom stereocenters. The van der Waals surface area contributed by atoms with Gasteiger partial charge in [-0.25, -0.2) is 0 Å². The lowest BCUT2D eigenvalue weighted by atomic mass is 10.0. The first-order valence-electron chi connectivity index (χ1n) is 27.4. The van der Waals surface area contributed by atoms with Crippen molar-refractivity contribution in [1.29, 1.82) is 0 Å². The number of hydrogen-bond acceptors (Lipinski definition) is 23. The van der Waals surface area contributed by atoms with Crippen molar-refractivity contribution in [2.45, 2.75) is 44.1 Å². The van der Waals surface area contributed by atoms with Crippen LogP contribution >= 0.6 is 0 Å². The molecule has 0 spiro atoms. The summed E-state index contributed by atoms with van der Waals surface area (Å²) in [4.78, 5) is 36.4. The third kappa shape index (κ3) is 35.7. The second kappa shape index (κ2) is 48.4. The van der Waals surface area contributed by atoms with Crippen LogP contribution < -0.4 is 26.4 Å². The zero-order valence-corrected chi connectivity index (χ0v) is 46.5. The Kier molecular flexibility index (Phi) is 42.5. The van der Waals surface area contributed by atoms with Crippen LogP contribution in [0.5, 0.6) is 5.75 Å². The number of aliphatic hydroxyl groups is 3. The number of nitrogens with one attached hydrogen (secondary N) is 3. The number of rotatable bonds is 53. The Bertz CT molecular complexity index is 1830. The SMILES string of the molecule is C[C@@H]1O[C@@H](OCCOCCNC(=O)CCOCCOCCOCCOCCOCCOCCOCCOCCOCCOCCOCCOCCNC(=O)COc2ccc(-c3cccc(C(=O)NCCN)c3)cc2)[C@H](O)[C@H](O)[C@H]1O. The molecular formula is C54H90N4O22. The molecule has 0 aromatic heterocycles. The molecule has 1 aliphatic heterocycles. The molecule has 1 heterocycles. The summed E-state index contributed by atoms with van der Waals surface area (Å²) in [5.41, 5.74) is 7.82. The number of carbonyl (C=O) groups is 3. The third-order valence-electron chi connectivity index (χ3n) is 11.1. The second-order valence-electron chi connectivity index (χ2n) is 17.4. The number of hydrogen-bond donors (Lipinski definition) is 7. The fourth-order valence-electron chi connectivity index (χ4n) is 6.85. The van der Waals surface area contributed by atoms with Gasteiger partial charge in [0.25, 0.3) is 11.8 Å². The fraction of sp³-hybridized carbons (Fsp3) is 0.722. The molecule has 3 amide bonds. The largest absolute Gasteiger partial charge is 0.484 e. The molecule has 0 saturated carbocycles. The van der Waals surface area contributed by atoms with Gasteiger partial charge in [-0.05, 0) is 42.3 Å². The van der Waals surface area contributed by atoms with Crippen molar-refractivity contribution in [3.05, 3.63) is 54.1 Å². The number of nitrogens with two attached hydrogens (primary N) is 1. The van der Waals surface area contributed by atoms with Crippen LogP contribution in [0.25, 0.3) is 11.1 Å². The second-order valence-corrected chi connectivity index (χ2v) is 17.4. The minimum atomic E-state index is -1.36. The first-order chi connectivity index (χ1) is 39.2. The lowest BCUT2D eigenvalue weighted by Gasteiger charge is -2.38. The molecule has 458 valence electrons. The van der Waals surface area contributed by atoms with Crippen molar-refractivity contribution in [3.63, 3.8) is 0 Å². The summed E-state index contributed by atoms with van der Waals surface area (Å²) < 4.78 is 87.7. The zero-order chi connectivity index (χ0) is 57.4. The van der Waals surface area contributed by atoms with Crippen LogP contribution in [0.15, 0.2) is 48.5 Å². The van der Waals surface area contributed by atoms with Gasteiger partial charge in [0.15, 0.2) is 12.9 Å². The van der Waals surface area contributed by atoms with Gasteiger partial charge in [-0.15, -0.1) is 0 Å². The smallest absolute Gasteiger partial charge is 0.258 e.